The lowest BCUT2D eigenvalue weighted by Gasteiger charge is -2.07. The lowest BCUT2D eigenvalue weighted by atomic mass is 10.2. The molecule has 1 heterocycles. The van der Waals surface area contributed by atoms with Crippen LogP contribution in [0.4, 0.5) is 5.69 Å². The maximum absolute atomic E-state index is 11.7. The van der Waals surface area contributed by atoms with E-state index in [-0.39, 0.29) is 5.91 Å². The Morgan fingerprint density at radius 1 is 1.24 bits per heavy atom. The van der Waals surface area contributed by atoms with Crippen molar-refractivity contribution >= 4 is 28.9 Å². The fourth-order valence-corrected chi connectivity index (χ4v) is 2.61. The van der Waals surface area contributed by atoms with Crippen LogP contribution in [0.2, 0.25) is 0 Å². The molecule has 0 spiro atoms. The van der Waals surface area contributed by atoms with E-state index in [9.17, 15) is 9.59 Å². The van der Waals surface area contributed by atoms with Gasteiger partial charge in [-0.1, -0.05) is 6.07 Å². The Bertz CT molecular complexity index is 652. The Morgan fingerprint density at radius 2 is 2.05 bits per heavy atom. The van der Waals surface area contributed by atoms with E-state index in [4.69, 9.17) is 5.11 Å². The van der Waals surface area contributed by atoms with E-state index in [1.54, 1.807) is 23.6 Å². The van der Waals surface area contributed by atoms with Gasteiger partial charge in [0, 0.05) is 34.6 Å². The predicted molar refractivity (Wildman–Crippen MR) is 83.1 cm³/mol. The van der Waals surface area contributed by atoms with Gasteiger partial charge in [-0.3, -0.25) is 4.79 Å². The van der Waals surface area contributed by atoms with Gasteiger partial charge in [-0.15, -0.1) is 11.3 Å². The normalized spacial score (nSPS) is 10.1. The summed E-state index contributed by atoms with van der Waals surface area (Å²) in [6.45, 7) is 2.98. The second-order valence-electron chi connectivity index (χ2n) is 4.40. The number of benzene rings is 1. The predicted octanol–water partition coefficient (Wildman–Crippen LogP) is 2.81. The van der Waals surface area contributed by atoms with E-state index in [2.05, 4.69) is 10.6 Å². The first kappa shape index (κ1) is 15.1. The summed E-state index contributed by atoms with van der Waals surface area (Å²) in [7, 11) is 0. The largest absolute Gasteiger partial charge is 0.478 e. The minimum Gasteiger partial charge on any atom is -0.478 e. The van der Waals surface area contributed by atoms with Crippen LogP contribution in [0.15, 0.2) is 35.7 Å². The SMILES string of the molecule is CCNC(=O)c1cccc(NCc2cc(C(=O)O)cs2)c1. The number of carboxylic acid groups (broad SMARTS) is 1. The van der Waals surface area contributed by atoms with Crippen molar-refractivity contribution in [2.75, 3.05) is 11.9 Å². The summed E-state index contributed by atoms with van der Waals surface area (Å²) in [6, 6.07) is 8.85. The number of rotatable bonds is 6. The molecule has 6 heteroatoms. The molecule has 0 saturated heterocycles. The maximum atomic E-state index is 11.7. The van der Waals surface area contributed by atoms with Crippen molar-refractivity contribution in [3.8, 4) is 0 Å². The Morgan fingerprint density at radius 3 is 2.71 bits per heavy atom. The van der Waals surface area contributed by atoms with Gasteiger partial charge in [-0.2, -0.15) is 0 Å². The number of carboxylic acids is 1. The van der Waals surface area contributed by atoms with E-state index in [1.807, 2.05) is 19.1 Å². The molecule has 1 aromatic carbocycles. The minimum atomic E-state index is -0.921. The van der Waals surface area contributed by atoms with Crippen LogP contribution in [-0.4, -0.2) is 23.5 Å². The fourth-order valence-electron chi connectivity index (χ4n) is 1.81. The van der Waals surface area contributed by atoms with Gasteiger partial charge in [-0.25, -0.2) is 4.79 Å². The second-order valence-corrected chi connectivity index (χ2v) is 5.40. The van der Waals surface area contributed by atoms with E-state index in [1.165, 1.54) is 11.3 Å². The first-order chi connectivity index (χ1) is 10.1. The molecule has 1 aromatic heterocycles. The van der Waals surface area contributed by atoms with E-state index >= 15 is 0 Å². The van der Waals surface area contributed by atoms with Crippen molar-refractivity contribution in [1.82, 2.24) is 5.32 Å². The Kier molecular flexibility index (Phi) is 4.94. The van der Waals surface area contributed by atoms with E-state index in [0.717, 1.165) is 10.6 Å². The lowest BCUT2D eigenvalue weighted by Crippen LogP contribution is -2.22. The van der Waals surface area contributed by atoms with Gasteiger partial charge in [0.1, 0.15) is 0 Å². The number of amides is 1. The highest BCUT2D eigenvalue weighted by molar-refractivity contribution is 7.10. The summed E-state index contributed by atoms with van der Waals surface area (Å²) >= 11 is 1.39. The van der Waals surface area contributed by atoms with Gasteiger partial charge in [-0.05, 0) is 31.2 Å². The average molecular weight is 304 g/mol. The quantitative estimate of drug-likeness (QED) is 0.767. The molecule has 0 aliphatic heterocycles. The van der Waals surface area contributed by atoms with Gasteiger partial charge in [0.25, 0.3) is 5.91 Å². The van der Waals surface area contributed by atoms with E-state index in [0.29, 0.717) is 24.2 Å². The summed E-state index contributed by atoms with van der Waals surface area (Å²) in [5, 5.41) is 16.4. The number of thiophene rings is 1. The molecule has 5 nitrogen and oxygen atoms in total. The molecule has 0 aliphatic rings. The topological polar surface area (TPSA) is 78.4 Å². The fraction of sp³-hybridized carbons (Fsp3) is 0.200. The van der Waals surface area contributed by atoms with Crippen molar-refractivity contribution < 1.29 is 14.7 Å². The number of carbonyl (C=O) groups excluding carboxylic acids is 1. The molecule has 2 rings (SSSR count). The highest BCUT2D eigenvalue weighted by atomic mass is 32.1. The average Bonchev–Trinajstić information content (AvgIpc) is 2.95. The number of nitrogens with one attached hydrogen (secondary N) is 2. The van der Waals surface area contributed by atoms with Crippen molar-refractivity contribution in [3.05, 3.63) is 51.7 Å². The van der Waals surface area contributed by atoms with Crippen LogP contribution >= 0.6 is 11.3 Å². The maximum Gasteiger partial charge on any atom is 0.336 e. The zero-order valence-corrected chi connectivity index (χ0v) is 12.4. The molecule has 0 bridgehead atoms. The zero-order chi connectivity index (χ0) is 15.2. The summed E-state index contributed by atoms with van der Waals surface area (Å²) in [6.07, 6.45) is 0. The summed E-state index contributed by atoms with van der Waals surface area (Å²) in [5.74, 6) is -1.03. The molecule has 0 aliphatic carbocycles. The molecular formula is C15H16N2O3S. The number of anilines is 1. The summed E-state index contributed by atoms with van der Waals surface area (Å²) in [4.78, 5) is 23.5. The highest BCUT2D eigenvalue weighted by Gasteiger charge is 2.07. The molecule has 0 saturated carbocycles. The summed E-state index contributed by atoms with van der Waals surface area (Å²) < 4.78 is 0. The molecule has 0 fully saturated rings. The van der Waals surface area contributed by atoms with Gasteiger partial charge >= 0.3 is 5.97 Å². The van der Waals surface area contributed by atoms with Gasteiger partial charge in [0.2, 0.25) is 0 Å². The van der Waals surface area contributed by atoms with Gasteiger partial charge in [0.05, 0.1) is 5.56 Å². The first-order valence-corrected chi connectivity index (χ1v) is 7.41. The standard InChI is InChI=1S/C15H16N2O3S/c1-2-16-14(18)10-4-3-5-12(6-10)17-8-13-7-11(9-21-13)15(19)20/h3-7,9,17H,2,8H2,1H3,(H,16,18)(H,19,20). The third kappa shape index (κ3) is 4.06. The van der Waals surface area contributed by atoms with Crippen LogP contribution in [0.1, 0.15) is 32.5 Å². The Labute approximate surface area is 126 Å². The highest BCUT2D eigenvalue weighted by Crippen LogP contribution is 2.17. The van der Waals surface area contributed by atoms with Crippen molar-refractivity contribution in [3.63, 3.8) is 0 Å². The third-order valence-electron chi connectivity index (χ3n) is 2.83. The Balaban J connectivity index is 2.01. The number of aromatic carboxylic acids is 1. The zero-order valence-electron chi connectivity index (χ0n) is 11.6. The summed E-state index contributed by atoms with van der Waals surface area (Å²) in [5.41, 5.74) is 1.72. The molecule has 3 N–H and O–H groups in total. The van der Waals surface area contributed by atoms with Crippen LogP contribution in [0, 0.1) is 0 Å². The Hall–Kier alpha value is -2.34. The van der Waals surface area contributed by atoms with Gasteiger partial charge < -0.3 is 15.7 Å². The van der Waals surface area contributed by atoms with Crippen LogP contribution in [0.25, 0.3) is 0 Å². The van der Waals surface area contributed by atoms with Crippen LogP contribution in [0.5, 0.6) is 0 Å². The lowest BCUT2D eigenvalue weighted by molar-refractivity contribution is 0.0697. The third-order valence-corrected chi connectivity index (χ3v) is 3.77. The molecule has 1 amide bonds. The molecular weight excluding hydrogens is 288 g/mol. The second kappa shape index (κ2) is 6.90. The van der Waals surface area contributed by atoms with Crippen molar-refractivity contribution in [1.29, 1.82) is 0 Å². The number of hydrogen-bond donors (Lipinski definition) is 3. The van der Waals surface area contributed by atoms with Crippen LogP contribution in [0.3, 0.4) is 0 Å². The van der Waals surface area contributed by atoms with Crippen molar-refractivity contribution in [2.24, 2.45) is 0 Å². The smallest absolute Gasteiger partial charge is 0.336 e. The molecule has 2 aromatic rings. The van der Waals surface area contributed by atoms with Crippen molar-refractivity contribution in [2.45, 2.75) is 13.5 Å². The number of hydrogen-bond acceptors (Lipinski definition) is 4. The monoisotopic (exact) mass is 304 g/mol. The van der Waals surface area contributed by atoms with E-state index < -0.39 is 5.97 Å². The van der Waals surface area contributed by atoms with Crippen LogP contribution in [-0.2, 0) is 6.54 Å². The molecule has 0 unspecified atom stereocenters. The molecule has 0 radical (unpaired) electrons. The minimum absolute atomic E-state index is 0.106. The van der Waals surface area contributed by atoms with Crippen LogP contribution < -0.4 is 10.6 Å². The molecule has 0 atom stereocenters. The van der Waals surface area contributed by atoms with Gasteiger partial charge in [0.15, 0.2) is 0 Å². The number of carbonyl (C=O) groups is 2. The molecule has 110 valence electrons. The molecule has 21 heavy (non-hydrogen) atoms. The first-order valence-electron chi connectivity index (χ1n) is 6.53.